The summed E-state index contributed by atoms with van der Waals surface area (Å²) >= 11 is -0.276. The molecule has 1 atom stereocenters. The van der Waals surface area contributed by atoms with E-state index in [1.165, 1.54) is 24.3 Å². The normalized spacial score (nSPS) is 13.9. The van der Waals surface area contributed by atoms with Crippen molar-refractivity contribution in [1.29, 1.82) is 0 Å². The predicted molar refractivity (Wildman–Crippen MR) is 51.3 cm³/mol. The van der Waals surface area contributed by atoms with Crippen LogP contribution in [0.3, 0.4) is 0 Å². The fourth-order valence-electron chi connectivity index (χ4n) is 1.09. The van der Waals surface area contributed by atoms with Gasteiger partial charge in [-0.15, -0.1) is 0 Å². The molecule has 1 nitrogen and oxygen atoms in total. The van der Waals surface area contributed by atoms with Gasteiger partial charge < -0.3 is 5.73 Å². The molecular formula is C9H9F4NS. The molecule has 0 aliphatic heterocycles. The van der Waals surface area contributed by atoms with Crippen molar-refractivity contribution in [2.24, 2.45) is 5.73 Å². The lowest BCUT2D eigenvalue weighted by Crippen LogP contribution is -2.14. The SMILES string of the molecule is N[C@@H](CF)c1ccccc1SC(F)(F)F. The molecule has 2 N–H and O–H groups in total. The van der Waals surface area contributed by atoms with Crippen LogP contribution >= 0.6 is 11.8 Å². The van der Waals surface area contributed by atoms with E-state index in [9.17, 15) is 17.6 Å². The maximum absolute atomic E-state index is 12.3. The molecule has 0 radical (unpaired) electrons. The molecule has 1 aromatic rings. The minimum absolute atomic E-state index is 0.0462. The molecule has 6 heteroatoms. The summed E-state index contributed by atoms with van der Waals surface area (Å²) in [4.78, 5) is -0.0462. The summed E-state index contributed by atoms with van der Waals surface area (Å²) in [5, 5.41) is 0. The van der Waals surface area contributed by atoms with Gasteiger partial charge in [0.2, 0.25) is 0 Å². The third kappa shape index (κ3) is 3.71. The van der Waals surface area contributed by atoms with Crippen LogP contribution in [-0.4, -0.2) is 12.2 Å². The first-order valence-corrected chi connectivity index (χ1v) is 4.92. The zero-order valence-corrected chi connectivity index (χ0v) is 8.41. The zero-order valence-electron chi connectivity index (χ0n) is 7.59. The van der Waals surface area contributed by atoms with Crippen LogP contribution in [0.15, 0.2) is 29.2 Å². The third-order valence-corrected chi connectivity index (χ3v) is 2.53. The fraction of sp³-hybridized carbons (Fsp3) is 0.333. The van der Waals surface area contributed by atoms with E-state index in [-0.39, 0.29) is 22.2 Å². The molecule has 0 unspecified atom stereocenters. The van der Waals surface area contributed by atoms with Gasteiger partial charge in [-0.2, -0.15) is 13.2 Å². The molecule has 0 saturated heterocycles. The average Bonchev–Trinajstić information content (AvgIpc) is 2.15. The second-order valence-electron chi connectivity index (χ2n) is 2.85. The smallest absolute Gasteiger partial charge is 0.322 e. The van der Waals surface area contributed by atoms with E-state index in [1.807, 2.05) is 0 Å². The van der Waals surface area contributed by atoms with Crippen LogP contribution in [-0.2, 0) is 0 Å². The monoisotopic (exact) mass is 239 g/mol. The first kappa shape index (κ1) is 12.3. The molecule has 0 aliphatic carbocycles. The molecule has 1 aromatic carbocycles. The van der Waals surface area contributed by atoms with Gasteiger partial charge in [0, 0.05) is 4.90 Å². The van der Waals surface area contributed by atoms with Crippen molar-refractivity contribution < 1.29 is 17.6 Å². The Labute approximate surface area is 88.7 Å². The molecule has 15 heavy (non-hydrogen) atoms. The minimum Gasteiger partial charge on any atom is -0.322 e. The van der Waals surface area contributed by atoms with E-state index in [1.54, 1.807) is 0 Å². The quantitative estimate of drug-likeness (QED) is 0.647. The summed E-state index contributed by atoms with van der Waals surface area (Å²) in [6.07, 6.45) is 0. The number of rotatable bonds is 3. The van der Waals surface area contributed by atoms with Crippen molar-refractivity contribution in [2.75, 3.05) is 6.67 Å². The van der Waals surface area contributed by atoms with Gasteiger partial charge in [-0.25, -0.2) is 4.39 Å². The van der Waals surface area contributed by atoms with Crippen molar-refractivity contribution in [2.45, 2.75) is 16.4 Å². The first-order chi connectivity index (χ1) is 6.94. The Morgan fingerprint density at radius 2 is 1.87 bits per heavy atom. The van der Waals surface area contributed by atoms with E-state index in [0.717, 1.165) is 0 Å². The first-order valence-electron chi connectivity index (χ1n) is 4.10. The van der Waals surface area contributed by atoms with Gasteiger partial charge >= 0.3 is 5.51 Å². The molecule has 0 bridgehead atoms. The summed E-state index contributed by atoms with van der Waals surface area (Å²) in [6, 6.07) is 4.67. The van der Waals surface area contributed by atoms with Crippen molar-refractivity contribution in [3.63, 3.8) is 0 Å². The molecule has 0 saturated carbocycles. The zero-order chi connectivity index (χ0) is 11.5. The Morgan fingerprint density at radius 1 is 1.27 bits per heavy atom. The van der Waals surface area contributed by atoms with Gasteiger partial charge in [-0.3, -0.25) is 0 Å². The summed E-state index contributed by atoms with van der Waals surface area (Å²) in [7, 11) is 0. The predicted octanol–water partition coefficient (Wildman–Crippen LogP) is 3.27. The van der Waals surface area contributed by atoms with Gasteiger partial charge in [0.05, 0.1) is 6.04 Å². The average molecular weight is 239 g/mol. The van der Waals surface area contributed by atoms with E-state index < -0.39 is 18.2 Å². The van der Waals surface area contributed by atoms with Gasteiger partial charge in [-0.05, 0) is 23.4 Å². The van der Waals surface area contributed by atoms with Crippen LogP contribution < -0.4 is 5.73 Å². The molecule has 0 aliphatic rings. The lowest BCUT2D eigenvalue weighted by molar-refractivity contribution is -0.0328. The van der Waals surface area contributed by atoms with Crippen LogP contribution in [0.2, 0.25) is 0 Å². The Hall–Kier alpha value is -0.750. The van der Waals surface area contributed by atoms with Gasteiger partial charge in [0.15, 0.2) is 0 Å². The second-order valence-corrected chi connectivity index (χ2v) is 3.95. The van der Waals surface area contributed by atoms with Crippen molar-refractivity contribution >= 4 is 11.8 Å². The minimum atomic E-state index is -4.38. The van der Waals surface area contributed by atoms with Crippen LogP contribution in [0.25, 0.3) is 0 Å². The van der Waals surface area contributed by atoms with Crippen molar-refractivity contribution in [1.82, 2.24) is 0 Å². The van der Waals surface area contributed by atoms with Crippen molar-refractivity contribution in [3.05, 3.63) is 29.8 Å². The molecule has 0 aromatic heterocycles. The lowest BCUT2D eigenvalue weighted by atomic mass is 10.1. The second kappa shape index (κ2) is 4.85. The lowest BCUT2D eigenvalue weighted by Gasteiger charge is -2.14. The highest BCUT2D eigenvalue weighted by atomic mass is 32.2. The Bertz CT molecular complexity index is 326. The Balaban J connectivity index is 2.96. The van der Waals surface area contributed by atoms with E-state index in [4.69, 9.17) is 5.73 Å². The molecule has 0 heterocycles. The molecular weight excluding hydrogens is 230 g/mol. The highest BCUT2D eigenvalue weighted by Crippen LogP contribution is 2.39. The topological polar surface area (TPSA) is 26.0 Å². The number of nitrogens with two attached hydrogens (primary N) is 1. The molecule has 0 spiro atoms. The maximum atomic E-state index is 12.3. The Morgan fingerprint density at radius 3 is 2.40 bits per heavy atom. The maximum Gasteiger partial charge on any atom is 0.446 e. The highest BCUT2D eigenvalue weighted by molar-refractivity contribution is 8.00. The van der Waals surface area contributed by atoms with Crippen LogP contribution in [0, 0.1) is 0 Å². The number of benzene rings is 1. The molecule has 0 fully saturated rings. The van der Waals surface area contributed by atoms with E-state index in [2.05, 4.69) is 0 Å². The van der Waals surface area contributed by atoms with Gasteiger partial charge in [0.1, 0.15) is 6.67 Å². The van der Waals surface area contributed by atoms with Crippen LogP contribution in [0.5, 0.6) is 0 Å². The highest BCUT2D eigenvalue weighted by Gasteiger charge is 2.30. The van der Waals surface area contributed by atoms with E-state index >= 15 is 0 Å². The molecule has 84 valence electrons. The Kier molecular flexibility index (Phi) is 3.98. The summed E-state index contributed by atoms with van der Waals surface area (Å²) in [5.74, 6) is 0. The summed E-state index contributed by atoms with van der Waals surface area (Å²) in [6.45, 7) is -0.880. The standard InChI is InChI=1S/C9H9F4NS/c10-5-7(14)6-3-1-2-4-8(6)15-9(11,12)13/h1-4,7H,5,14H2/t7-/m0/s1. The molecule has 0 amide bonds. The van der Waals surface area contributed by atoms with Gasteiger partial charge in [0.25, 0.3) is 0 Å². The number of thioether (sulfide) groups is 1. The van der Waals surface area contributed by atoms with E-state index in [0.29, 0.717) is 0 Å². The van der Waals surface area contributed by atoms with Crippen molar-refractivity contribution in [3.8, 4) is 0 Å². The summed E-state index contributed by atoms with van der Waals surface area (Å²) in [5.41, 5.74) is 1.16. The number of hydrogen-bond acceptors (Lipinski definition) is 2. The largest absolute Gasteiger partial charge is 0.446 e. The third-order valence-electron chi connectivity index (χ3n) is 1.71. The fourth-order valence-corrected chi connectivity index (χ4v) is 1.82. The number of alkyl halides is 4. The number of halogens is 4. The van der Waals surface area contributed by atoms with Gasteiger partial charge in [-0.1, -0.05) is 18.2 Å². The molecule has 1 rings (SSSR count). The summed E-state index contributed by atoms with van der Waals surface area (Å²) < 4.78 is 48.6. The van der Waals surface area contributed by atoms with Crippen LogP contribution in [0.1, 0.15) is 11.6 Å². The number of hydrogen-bond donors (Lipinski definition) is 1. The van der Waals surface area contributed by atoms with Crippen LogP contribution in [0.4, 0.5) is 17.6 Å².